The zero-order valence-electron chi connectivity index (χ0n) is 29.5. The third-order valence-corrected chi connectivity index (χ3v) is 10.8. The van der Waals surface area contributed by atoms with Crippen LogP contribution in [0.2, 0.25) is 10.0 Å². The fourth-order valence-corrected chi connectivity index (χ4v) is 7.87. The molecule has 0 atom stereocenters. The number of fused-ring (bicyclic) bond motifs is 1. The van der Waals surface area contributed by atoms with Crippen molar-refractivity contribution in [2.75, 3.05) is 6.61 Å². The van der Waals surface area contributed by atoms with E-state index in [1.165, 1.54) is 30.7 Å². The van der Waals surface area contributed by atoms with Gasteiger partial charge in [0, 0.05) is 21.7 Å². The molecule has 5 aromatic rings. The largest absolute Gasteiger partial charge is 1.00 e. The number of benzene rings is 5. The molecule has 0 saturated heterocycles. The van der Waals surface area contributed by atoms with Crippen molar-refractivity contribution in [1.29, 1.82) is 0 Å². The third-order valence-electron chi connectivity index (χ3n) is 8.49. The van der Waals surface area contributed by atoms with Crippen LogP contribution in [-0.2, 0) is 20.2 Å². The van der Waals surface area contributed by atoms with Gasteiger partial charge in [0.25, 0.3) is 20.2 Å². The molecule has 5 aromatic carbocycles. The molecule has 2 N–H and O–H groups in total. The molecule has 1 aliphatic rings. The maximum Gasteiger partial charge on any atom is 1.00 e. The van der Waals surface area contributed by atoms with Crippen molar-refractivity contribution in [1.82, 2.24) is 0 Å². The SMILES string of the molecule is O=S(=O)(O)c1cc2c(S(=O)(=O)O)ccc(N=C([O-])COc3ccc(Cl)cc3Cl)c2c([O-])c1N=Nc1ccccc1Oc1ccccc1C1CCCCC1.[Na+].[Na+]. The van der Waals surface area contributed by atoms with Gasteiger partial charge in [-0.2, -0.15) is 16.8 Å². The van der Waals surface area contributed by atoms with Crippen molar-refractivity contribution in [2.24, 2.45) is 15.2 Å². The normalized spacial score (nSPS) is 14.0. The van der Waals surface area contributed by atoms with Crippen LogP contribution in [0, 0.1) is 0 Å². The van der Waals surface area contributed by atoms with Crippen molar-refractivity contribution in [2.45, 2.75) is 47.8 Å². The van der Waals surface area contributed by atoms with Crippen molar-refractivity contribution < 1.29 is 105 Å². The number of rotatable bonds is 11. The summed E-state index contributed by atoms with van der Waals surface area (Å²) in [5.74, 6) is -1.04. The van der Waals surface area contributed by atoms with Crippen molar-refractivity contribution in [3.05, 3.63) is 101 Å². The van der Waals surface area contributed by atoms with E-state index in [1.54, 1.807) is 18.2 Å². The Bertz CT molecular complexity index is 2500. The molecule has 0 spiro atoms. The molecule has 0 aliphatic heterocycles. The van der Waals surface area contributed by atoms with Gasteiger partial charge < -0.3 is 19.7 Å². The quantitative estimate of drug-likeness (QED) is 0.0652. The summed E-state index contributed by atoms with van der Waals surface area (Å²) in [5, 5.41) is 34.2. The van der Waals surface area contributed by atoms with Gasteiger partial charge in [-0.05, 0) is 78.9 Å². The van der Waals surface area contributed by atoms with Gasteiger partial charge in [-0.1, -0.05) is 78.5 Å². The minimum absolute atomic E-state index is 0. The molecule has 1 saturated carbocycles. The first-order valence-electron chi connectivity index (χ1n) is 16.1. The fraction of sp³-hybridized carbons (Fsp3) is 0.194. The second-order valence-corrected chi connectivity index (χ2v) is 15.6. The Morgan fingerprint density at radius 2 is 1.42 bits per heavy atom. The van der Waals surface area contributed by atoms with Crippen LogP contribution in [-0.4, -0.2) is 38.4 Å². The second kappa shape index (κ2) is 19.1. The van der Waals surface area contributed by atoms with E-state index in [0.717, 1.165) is 43.4 Å². The minimum Gasteiger partial charge on any atom is -0.870 e. The molecule has 13 nitrogen and oxygen atoms in total. The van der Waals surface area contributed by atoms with E-state index in [9.17, 15) is 36.2 Å². The zero-order chi connectivity index (χ0) is 37.9. The Morgan fingerprint density at radius 1 is 0.764 bits per heavy atom. The van der Waals surface area contributed by atoms with E-state index in [2.05, 4.69) is 15.2 Å². The number of halogens is 2. The maximum absolute atomic E-state index is 14.1. The molecule has 6 rings (SSSR count). The predicted molar refractivity (Wildman–Crippen MR) is 195 cm³/mol. The van der Waals surface area contributed by atoms with Gasteiger partial charge in [-0.15, -0.1) is 10.2 Å². The van der Waals surface area contributed by atoms with Gasteiger partial charge in [-0.3, -0.25) is 14.1 Å². The van der Waals surface area contributed by atoms with Gasteiger partial charge in [0.1, 0.15) is 33.6 Å². The van der Waals surface area contributed by atoms with E-state index >= 15 is 0 Å². The van der Waals surface area contributed by atoms with Crippen LogP contribution in [0.1, 0.15) is 43.6 Å². The Morgan fingerprint density at radius 3 is 2.09 bits per heavy atom. The Kier molecular flexibility index (Phi) is 15.6. The fourth-order valence-electron chi connectivity index (χ4n) is 6.08. The molecular formula is C36H29Cl2N3Na2O10S2. The maximum atomic E-state index is 14.1. The van der Waals surface area contributed by atoms with Crippen LogP contribution in [0.25, 0.3) is 10.8 Å². The number of aliphatic imine (C=N–C) groups is 1. The first-order valence-corrected chi connectivity index (χ1v) is 19.7. The van der Waals surface area contributed by atoms with Crippen molar-refractivity contribution in [3.8, 4) is 23.0 Å². The van der Waals surface area contributed by atoms with E-state index < -0.39 is 70.4 Å². The summed E-state index contributed by atoms with van der Waals surface area (Å²) in [4.78, 5) is 1.86. The molecule has 0 radical (unpaired) electrons. The average molecular weight is 845 g/mol. The molecule has 55 heavy (non-hydrogen) atoms. The summed E-state index contributed by atoms with van der Waals surface area (Å²) in [6.07, 6.45) is 5.39. The summed E-state index contributed by atoms with van der Waals surface area (Å²) < 4.78 is 81.7. The Balaban J connectivity index is 0.00000336. The number of ether oxygens (including phenoxy) is 2. The first kappa shape index (κ1) is 44.9. The molecule has 0 bridgehead atoms. The molecule has 1 aliphatic carbocycles. The molecule has 0 amide bonds. The van der Waals surface area contributed by atoms with E-state index in [4.69, 9.17) is 32.7 Å². The van der Waals surface area contributed by atoms with Crippen molar-refractivity contribution in [3.63, 3.8) is 0 Å². The smallest absolute Gasteiger partial charge is 0.870 e. The monoisotopic (exact) mass is 843 g/mol. The molecule has 1 fully saturated rings. The molecule has 19 heteroatoms. The van der Waals surface area contributed by atoms with Gasteiger partial charge in [0.15, 0.2) is 5.75 Å². The summed E-state index contributed by atoms with van der Waals surface area (Å²) >= 11 is 12.0. The summed E-state index contributed by atoms with van der Waals surface area (Å²) in [5.41, 5.74) is -0.254. The number of nitrogens with zero attached hydrogens (tertiary/aromatic N) is 3. The summed E-state index contributed by atoms with van der Waals surface area (Å²) in [6, 6.07) is 20.6. The average Bonchev–Trinajstić information content (AvgIpc) is 3.11. The van der Waals surface area contributed by atoms with E-state index in [-0.39, 0.29) is 81.3 Å². The number of hydrogen-bond acceptors (Lipinski definition) is 11. The number of para-hydroxylation sites is 2. The van der Waals surface area contributed by atoms with Crippen LogP contribution in [0.5, 0.6) is 23.0 Å². The van der Waals surface area contributed by atoms with Crippen LogP contribution in [0.15, 0.2) is 110 Å². The topological polar surface area (TPSA) is 210 Å². The standard InChI is InChI=1S/C36H31Cl2N3O10S2.2Na/c37-22-14-16-29(25(38)18-22)50-20-33(42)39-27-15-17-31(52(44,45)46)24-19-32(53(47,48)49)35(36(43)34(24)27)41-40-26-11-5-7-13-30(26)51-28-12-6-4-10-23(28)21-8-2-1-3-9-21;;/h4-7,10-19,21,43H,1-3,8-9,20H2,(H,39,42)(H,44,45,46)(H,47,48,49);;/q;2*+1/p-2. The molecular weight excluding hydrogens is 815 g/mol. The Labute approximate surface area is 371 Å². The molecule has 0 unspecified atom stereocenters. The first-order chi connectivity index (χ1) is 25.2. The van der Waals surface area contributed by atoms with Gasteiger partial charge in [0.05, 0.1) is 16.4 Å². The molecule has 0 aromatic heterocycles. The van der Waals surface area contributed by atoms with E-state index in [0.29, 0.717) is 22.8 Å². The summed E-state index contributed by atoms with van der Waals surface area (Å²) in [6.45, 7) is -0.687. The van der Waals surface area contributed by atoms with Crippen LogP contribution in [0.3, 0.4) is 0 Å². The van der Waals surface area contributed by atoms with Crippen LogP contribution < -0.4 is 78.8 Å². The van der Waals surface area contributed by atoms with Crippen molar-refractivity contribution >= 4 is 77.2 Å². The van der Waals surface area contributed by atoms with Gasteiger partial charge >= 0.3 is 59.1 Å². The third kappa shape index (κ3) is 10.8. The van der Waals surface area contributed by atoms with Crippen LogP contribution >= 0.6 is 23.2 Å². The summed E-state index contributed by atoms with van der Waals surface area (Å²) in [7, 11) is -10.4. The predicted octanol–water partition coefficient (Wildman–Crippen LogP) is 2.45. The second-order valence-electron chi connectivity index (χ2n) is 12.0. The molecule has 0 heterocycles. The zero-order valence-corrected chi connectivity index (χ0v) is 36.6. The molecule has 276 valence electrons. The Hall–Kier alpha value is -2.77. The van der Waals surface area contributed by atoms with Gasteiger partial charge in [-0.25, -0.2) is 0 Å². The van der Waals surface area contributed by atoms with Crippen LogP contribution in [0.4, 0.5) is 17.1 Å². The number of hydrogen-bond donors (Lipinski definition) is 2. The minimum atomic E-state index is -5.27. The van der Waals surface area contributed by atoms with E-state index in [1.807, 2.05) is 24.3 Å². The number of azo groups is 1. The van der Waals surface area contributed by atoms with Gasteiger partial charge in [0.2, 0.25) is 0 Å².